The van der Waals surface area contributed by atoms with Gasteiger partial charge in [-0.3, -0.25) is 0 Å². The van der Waals surface area contributed by atoms with E-state index in [2.05, 4.69) is 17.2 Å². The Kier molecular flexibility index (Phi) is 6.00. The van der Waals surface area contributed by atoms with Crippen molar-refractivity contribution in [1.29, 1.82) is 0 Å². The Hall–Kier alpha value is -0.700. The van der Waals surface area contributed by atoms with E-state index in [4.69, 9.17) is 12.2 Å². The SMILES string of the molecule is C=CCNC(=S)NCC[NH2+][C@@H]1CS(=O)(=O)C[C@@H]1O. The number of hydrogen-bond acceptors (Lipinski definition) is 4. The van der Waals surface area contributed by atoms with Gasteiger partial charge in [0.25, 0.3) is 0 Å². The fourth-order valence-corrected chi connectivity index (χ4v) is 3.83. The van der Waals surface area contributed by atoms with Crippen molar-refractivity contribution in [2.45, 2.75) is 12.1 Å². The second kappa shape index (κ2) is 7.03. The smallest absolute Gasteiger partial charge is 0.166 e. The van der Waals surface area contributed by atoms with Crippen LogP contribution in [0, 0.1) is 0 Å². The summed E-state index contributed by atoms with van der Waals surface area (Å²) in [5.41, 5.74) is 0. The van der Waals surface area contributed by atoms with Crippen LogP contribution in [-0.2, 0) is 9.84 Å². The minimum absolute atomic E-state index is 0.0489. The topological polar surface area (TPSA) is 95.0 Å². The van der Waals surface area contributed by atoms with Crippen LogP contribution in [-0.4, -0.2) is 61.9 Å². The molecule has 1 aliphatic heterocycles. The van der Waals surface area contributed by atoms with Crippen molar-refractivity contribution >= 4 is 27.2 Å². The zero-order valence-electron chi connectivity index (χ0n) is 10.1. The predicted octanol–water partition coefficient (Wildman–Crippen LogP) is -2.64. The molecule has 0 amide bonds. The second-order valence-electron chi connectivity index (χ2n) is 4.26. The van der Waals surface area contributed by atoms with Gasteiger partial charge in [-0.15, -0.1) is 6.58 Å². The Bertz CT molecular complexity index is 397. The normalized spacial score (nSPS) is 25.6. The number of aliphatic hydroxyl groups is 1. The van der Waals surface area contributed by atoms with Crippen molar-refractivity contribution in [1.82, 2.24) is 10.6 Å². The number of thiocarbonyl (C=S) groups is 1. The van der Waals surface area contributed by atoms with Crippen molar-refractivity contribution in [3.05, 3.63) is 12.7 Å². The highest BCUT2D eigenvalue weighted by Gasteiger charge is 2.38. The summed E-state index contributed by atoms with van der Waals surface area (Å²) in [4.78, 5) is 0. The Morgan fingerprint density at radius 2 is 2.22 bits per heavy atom. The first-order chi connectivity index (χ1) is 8.44. The molecule has 0 aromatic rings. The molecule has 1 rings (SSSR count). The largest absolute Gasteiger partial charge is 0.386 e. The summed E-state index contributed by atoms with van der Waals surface area (Å²) in [7, 11) is -3.06. The molecule has 0 aromatic heterocycles. The van der Waals surface area contributed by atoms with Gasteiger partial charge in [0, 0.05) is 6.54 Å². The molecule has 104 valence electrons. The third-order valence-electron chi connectivity index (χ3n) is 2.67. The lowest BCUT2D eigenvalue weighted by Gasteiger charge is -2.12. The molecule has 0 saturated carbocycles. The summed E-state index contributed by atoms with van der Waals surface area (Å²) < 4.78 is 22.5. The van der Waals surface area contributed by atoms with E-state index in [9.17, 15) is 13.5 Å². The summed E-state index contributed by atoms with van der Waals surface area (Å²) in [6.45, 7) is 5.45. The van der Waals surface area contributed by atoms with Crippen molar-refractivity contribution < 1.29 is 18.8 Å². The highest BCUT2D eigenvalue weighted by Crippen LogP contribution is 2.08. The second-order valence-corrected chi connectivity index (χ2v) is 6.82. The molecule has 0 bridgehead atoms. The van der Waals surface area contributed by atoms with Gasteiger partial charge in [0.1, 0.15) is 17.9 Å². The van der Waals surface area contributed by atoms with Gasteiger partial charge >= 0.3 is 0 Å². The summed E-state index contributed by atoms with van der Waals surface area (Å²) in [6, 6.07) is -0.258. The zero-order valence-corrected chi connectivity index (χ0v) is 11.8. The maximum absolute atomic E-state index is 11.3. The summed E-state index contributed by atoms with van der Waals surface area (Å²) >= 11 is 5.00. The van der Waals surface area contributed by atoms with E-state index in [0.717, 1.165) is 0 Å². The van der Waals surface area contributed by atoms with Crippen molar-refractivity contribution in [3.63, 3.8) is 0 Å². The Labute approximate surface area is 113 Å². The molecule has 0 aromatic carbocycles. The van der Waals surface area contributed by atoms with E-state index in [1.54, 1.807) is 6.08 Å². The van der Waals surface area contributed by atoms with Crippen LogP contribution in [0.2, 0.25) is 0 Å². The standard InChI is InChI=1S/C10H19N3O3S2/c1-2-3-12-10(17)13-5-4-11-8-6-18(15,16)7-9(8)14/h2,8-9,11,14H,1,3-7H2,(H2,12,13,17)/p+1/t8-,9+/m1/s1. The van der Waals surface area contributed by atoms with Gasteiger partial charge in [0.2, 0.25) is 0 Å². The number of sulfone groups is 1. The molecule has 0 aliphatic carbocycles. The van der Waals surface area contributed by atoms with Crippen LogP contribution in [0.4, 0.5) is 0 Å². The lowest BCUT2D eigenvalue weighted by Crippen LogP contribution is -2.93. The van der Waals surface area contributed by atoms with Crippen molar-refractivity contribution in [2.75, 3.05) is 31.1 Å². The molecule has 5 N–H and O–H groups in total. The Morgan fingerprint density at radius 1 is 1.50 bits per heavy atom. The molecule has 0 radical (unpaired) electrons. The van der Waals surface area contributed by atoms with Gasteiger partial charge in [0.05, 0.1) is 18.8 Å². The third kappa shape index (κ3) is 5.30. The Balaban J connectivity index is 2.15. The van der Waals surface area contributed by atoms with Gasteiger partial charge in [0.15, 0.2) is 14.9 Å². The quantitative estimate of drug-likeness (QED) is 0.243. The summed E-state index contributed by atoms with van der Waals surface area (Å²) in [5.74, 6) is -0.0752. The van der Waals surface area contributed by atoms with E-state index in [1.165, 1.54) is 0 Å². The Morgan fingerprint density at radius 3 is 2.78 bits per heavy atom. The molecular weight excluding hydrogens is 274 g/mol. The van der Waals surface area contributed by atoms with Crippen LogP contribution >= 0.6 is 12.2 Å². The van der Waals surface area contributed by atoms with E-state index in [-0.39, 0.29) is 17.5 Å². The molecule has 2 atom stereocenters. The molecular formula is C10H20N3O3S2+. The lowest BCUT2D eigenvalue weighted by molar-refractivity contribution is -0.688. The highest BCUT2D eigenvalue weighted by atomic mass is 32.2. The van der Waals surface area contributed by atoms with E-state index >= 15 is 0 Å². The number of quaternary nitrogens is 1. The minimum Gasteiger partial charge on any atom is -0.386 e. The van der Waals surface area contributed by atoms with Crippen molar-refractivity contribution in [2.24, 2.45) is 0 Å². The van der Waals surface area contributed by atoms with E-state index < -0.39 is 15.9 Å². The van der Waals surface area contributed by atoms with Crippen LogP contribution in [0.1, 0.15) is 0 Å². The lowest BCUT2D eigenvalue weighted by atomic mass is 10.2. The van der Waals surface area contributed by atoms with Gasteiger partial charge in [-0.1, -0.05) is 6.08 Å². The van der Waals surface area contributed by atoms with Crippen LogP contribution in [0.3, 0.4) is 0 Å². The fraction of sp³-hybridized carbons (Fsp3) is 0.700. The average Bonchev–Trinajstić information content (AvgIpc) is 2.55. The first kappa shape index (κ1) is 15.4. The zero-order chi connectivity index (χ0) is 13.6. The maximum atomic E-state index is 11.3. The molecule has 1 saturated heterocycles. The monoisotopic (exact) mass is 294 g/mol. The fourth-order valence-electron chi connectivity index (χ4n) is 1.79. The van der Waals surface area contributed by atoms with Gasteiger partial charge < -0.3 is 21.1 Å². The predicted molar refractivity (Wildman–Crippen MR) is 74.0 cm³/mol. The molecule has 6 nitrogen and oxygen atoms in total. The maximum Gasteiger partial charge on any atom is 0.166 e. The number of hydrogen-bond donors (Lipinski definition) is 4. The van der Waals surface area contributed by atoms with Gasteiger partial charge in [-0.05, 0) is 12.2 Å². The number of aliphatic hydroxyl groups excluding tert-OH is 1. The molecule has 1 fully saturated rings. The van der Waals surface area contributed by atoms with E-state index in [0.29, 0.717) is 24.7 Å². The highest BCUT2D eigenvalue weighted by molar-refractivity contribution is 7.91. The van der Waals surface area contributed by atoms with Crippen LogP contribution in [0.25, 0.3) is 0 Å². The minimum atomic E-state index is -3.06. The summed E-state index contributed by atoms with van der Waals surface area (Å²) in [5, 5.41) is 17.9. The molecule has 18 heavy (non-hydrogen) atoms. The summed E-state index contributed by atoms with van der Waals surface area (Å²) in [6.07, 6.45) is 0.945. The first-order valence-corrected chi connectivity index (χ1v) is 8.02. The van der Waals surface area contributed by atoms with Gasteiger partial charge in [-0.2, -0.15) is 0 Å². The first-order valence-electron chi connectivity index (χ1n) is 5.79. The molecule has 0 unspecified atom stereocenters. The number of rotatable bonds is 6. The molecule has 8 heteroatoms. The van der Waals surface area contributed by atoms with Crippen LogP contribution in [0.15, 0.2) is 12.7 Å². The van der Waals surface area contributed by atoms with E-state index in [1.807, 2.05) is 5.32 Å². The molecule has 1 aliphatic rings. The van der Waals surface area contributed by atoms with Crippen LogP contribution < -0.4 is 16.0 Å². The number of nitrogens with one attached hydrogen (secondary N) is 2. The van der Waals surface area contributed by atoms with Crippen molar-refractivity contribution in [3.8, 4) is 0 Å². The molecule has 0 spiro atoms. The van der Waals surface area contributed by atoms with Crippen LogP contribution in [0.5, 0.6) is 0 Å². The average molecular weight is 294 g/mol. The third-order valence-corrected chi connectivity index (χ3v) is 4.70. The van der Waals surface area contributed by atoms with Gasteiger partial charge in [-0.25, -0.2) is 8.42 Å². The number of nitrogens with two attached hydrogens (primary N) is 1. The molecule has 1 heterocycles.